The highest BCUT2D eigenvalue weighted by atomic mass is 16.5. The molecule has 5 N–H and O–H groups in total. The molecule has 246 valence electrons. The Morgan fingerprint density at radius 2 is 1.76 bits per heavy atom. The quantitative estimate of drug-likeness (QED) is 0.150. The Morgan fingerprint density at radius 1 is 1.07 bits per heavy atom. The van der Waals surface area contributed by atoms with E-state index in [2.05, 4.69) is 27.4 Å². The second kappa shape index (κ2) is 16.7. The fraction of sp³-hybridized carbons (Fsp3) is 0.429. The molecule has 0 saturated carbocycles. The molecule has 1 aliphatic rings. The van der Waals surface area contributed by atoms with Crippen LogP contribution in [0.15, 0.2) is 67.0 Å². The van der Waals surface area contributed by atoms with Crippen molar-refractivity contribution in [2.75, 3.05) is 43.1 Å². The third-order valence-electron chi connectivity index (χ3n) is 8.18. The predicted octanol–water partition coefficient (Wildman–Crippen LogP) is 4.54. The van der Waals surface area contributed by atoms with Crippen molar-refractivity contribution in [1.82, 2.24) is 14.8 Å². The molecule has 46 heavy (non-hydrogen) atoms. The average molecular weight is 631 g/mol. The summed E-state index contributed by atoms with van der Waals surface area (Å²) < 4.78 is 6.49. The maximum atomic E-state index is 13.7. The van der Waals surface area contributed by atoms with E-state index in [9.17, 15) is 19.5 Å². The number of benzene rings is 2. The van der Waals surface area contributed by atoms with Crippen LogP contribution in [0.5, 0.6) is 5.75 Å². The summed E-state index contributed by atoms with van der Waals surface area (Å²) in [5, 5.41) is 15.7. The number of ether oxygens (including phenoxy) is 1. The minimum atomic E-state index is -0.388. The smallest absolute Gasteiger partial charge is 0.258 e. The minimum Gasteiger partial charge on any atom is -0.488 e. The number of anilines is 3. The normalized spacial score (nSPS) is 17.0. The summed E-state index contributed by atoms with van der Waals surface area (Å²) in [4.78, 5) is 46.7. The Balaban J connectivity index is 1.35. The first-order chi connectivity index (χ1) is 22.1. The fourth-order valence-corrected chi connectivity index (χ4v) is 5.48. The first-order valence-electron chi connectivity index (χ1n) is 15.9. The van der Waals surface area contributed by atoms with Gasteiger partial charge in [-0.05, 0) is 74.8 Å². The molecule has 11 heteroatoms. The van der Waals surface area contributed by atoms with Crippen molar-refractivity contribution >= 4 is 34.8 Å². The zero-order valence-electron chi connectivity index (χ0n) is 26.9. The van der Waals surface area contributed by atoms with Gasteiger partial charge in [-0.15, -0.1) is 0 Å². The lowest BCUT2D eigenvalue weighted by Gasteiger charge is -2.38. The highest BCUT2D eigenvalue weighted by Gasteiger charge is 2.33. The third kappa shape index (κ3) is 9.76. The van der Waals surface area contributed by atoms with Crippen molar-refractivity contribution in [2.45, 2.75) is 64.6 Å². The zero-order chi connectivity index (χ0) is 33.1. The lowest BCUT2D eigenvalue weighted by Crippen LogP contribution is -2.49. The molecule has 1 aliphatic heterocycles. The van der Waals surface area contributed by atoms with Crippen molar-refractivity contribution < 1.29 is 24.2 Å². The standard InChI is InChI=1S/C35H46N6O5/c1-24-20-41(25(2)23-42)35(45)28-19-27(13-14-31(28)46-32(24)22-40(3)21-26-15-17-37-18-16-26)38-33(43)11-5-4-6-12-34(44)39-30-10-8-7-9-29(30)36/h7-10,13-19,24-25,32,42H,4-6,11-12,20-23,36H2,1-3H3,(H,38,43)(H,39,44)/t24-,25+,32+/m1/s1. The number of likely N-dealkylation sites (N-methyl/N-ethyl adjacent to an activating group) is 1. The van der Waals surface area contributed by atoms with Crippen LogP contribution in [-0.2, 0) is 16.1 Å². The molecule has 2 aromatic carbocycles. The van der Waals surface area contributed by atoms with Gasteiger partial charge in [0.1, 0.15) is 11.9 Å². The molecule has 0 aliphatic carbocycles. The van der Waals surface area contributed by atoms with Crippen LogP contribution in [0.2, 0.25) is 0 Å². The summed E-state index contributed by atoms with van der Waals surface area (Å²) >= 11 is 0. The molecule has 0 fully saturated rings. The first-order valence-corrected chi connectivity index (χ1v) is 15.9. The Kier molecular flexibility index (Phi) is 12.5. The number of carbonyl (C=O) groups excluding carboxylic acids is 3. The highest BCUT2D eigenvalue weighted by Crippen LogP contribution is 2.31. The number of fused-ring (bicyclic) bond motifs is 1. The average Bonchev–Trinajstić information content (AvgIpc) is 3.04. The summed E-state index contributed by atoms with van der Waals surface area (Å²) in [6.45, 7) is 5.47. The number of aliphatic hydroxyl groups is 1. The summed E-state index contributed by atoms with van der Waals surface area (Å²) in [6, 6.07) is 15.8. The number of nitrogens with zero attached hydrogens (tertiary/aromatic N) is 3. The number of nitrogens with two attached hydrogens (primary N) is 1. The molecular formula is C35H46N6O5. The Bertz CT molecular complexity index is 1470. The maximum absolute atomic E-state index is 13.7. The number of amides is 3. The number of nitrogen functional groups attached to an aromatic ring is 1. The van der Waals surface area contributed by atoms with Crippen molar-refractivity contribution in [3.05, 3.63) is 78.1 Å². The van der Waals surface area contributed by atoms with E-state index >= 15 is 0 Å². The van der Waals surface area contributed by atoms with Gasteiger partial charge in [-0.25, -0.2) is 0 Å². The number of nitrogens with one attached hydrogen (secondary N) is 2. The van der Waals surface area contributed by atoms with Crippen LogP contribution in [0.25, 0.3) is 0 Å². The molecule has 3 aromatic rings. The molecular weight excluding hydrogens is 584 g/mol. The maximum Gasteiger partial charge on any atom is 0.258 e. The zero-order valence-corrected chi connectivity index (χ0v) is 26.9. The number of aromatic nitrogens is 1. The molecule has 2 heterocycles. The van der Waals surface area contributed by atoms with Crippen molar-refractivity contribution in [3.63, 3.8) is 0 Å². The topological polar surface area (TPSA) is 150 Å². The van der Waals surface area contributed by atoms with E-state index in [0.717, 1.165) is 12.1 Å². The second-order valence-corrected chi connectivity index (χ2v) is 12.1. The summed E-state index contributed by atoms with van der Waals surface area (Å²) in [7, 11) is 2.03. The lowest BCUT2D eigenvalue weighted by molar-refractivity contribution is -0.116. The van der Waals surface area contributed by atoms with Gasteiger partial charge in [0.25, 0.3) is 5.91 Å². The van der Waals surface area contributed by atoms with Crippen LogP contribution in [0.4, 0.5) is 17.1 Å². The molecule has 3 atom stereocenters. The van der Waals surface area contributed by atoms with Gasteiger partial charge in [0.2, 0.25) is 11.8 Å². The van der Waals surface area contributed by atoms with E-state index in [1.165, 1.54) is 0 Å². The molecule has 0 spiro atoms. The number of rotatable bonds is 14. The van der Waals surface area contributed by atoms with Gasteiger partial charge in [0, 0.05) is 56.5 Å². The number of unbranched alkanes of at least 4 members (excludes halogenated alkanes) is 2. The molecule has 1 aromatic heterocycles. The van der Waals surface area contributed by atoms with E-state index in [4.69, 9.17) is 10.5 Å². The first kappa shape index (κ1) is 34.4. The number of para-hydroxylation sites is 2. The number of hydrogen-bond donors (Lipinski definition) is 4. The second-order valence-electron chi connectivity index (χ2n) is 12.1. The van der Waals surface area contributed by atoms with Gasteiger partial charge in [0.05, 0.1) is 29.6 Å². The Morgan fingerprint density at radius 3 is 2.46 bits per heavy atom. The number of pyridine rings is 1. The monoisotopic (exact) mass is 630 g/mol. The molecule has 4 rings (SSSR count). The number of hydrogen-bond acceptors (Lipinski definition) is 8. The van der Waals surface area contributed by atoms with Gasteiger partial charge in [-0.1, -0.05) is 25.5 Å². The van der Waals surface area contributed by atoms with Crippen LogP contribution >= 0.6 is 0 Å². The van der Waals surface area contributed by atoms with Gasteiger partial charge < -0.3 is 31.1 Å². The SMILES string of the molecule is C[C@@H]1CN([C@@H](C)CO)C(=O)c2cc(NC(=O)CCCCCC(=O)Nc3ccccc3N)ccc2O[C@H]1CN(C)Cc1ccncc1. The fourth-order valence-electron chi connectivity index (χ4n) is 5.48. The minimum absolute atomic E-state index is 0.00656. The lowest BCUT2D eigenvalue weighted by atomic mass is 9.99. The summed E-state index contributed by atoms with van der Waals surface area (Å²) in [5.74, 6) is -0.101. The molecule has 0 bridgehead atoms. The van der Waals surface area contributed by atoms with Crippen molar-refractivity contribution in [3.8, 4) is 5.75 Å². The van der Waals surface area contributed by atoms with E-state index in [1.54, 1.807) is 47.6 Å². The van der Waals surface area contributed by atoms with Gasteiger partial charge in [0.15, 0.2) is 0 Å². The van der Waals surface area contributed by atoms with Crippen molar-refractivity contribution in [2.24, 2.45) is 5.92 Å². The molecule has 0 saturated heterocycles. The van der Waals surface area contributed by atoms with E-state index < -0.39 is 0 Å². The van der Waals surface area contributed by atoms with Crippen molar-refractivity contribution in [1.29, 1.82) is 0 Å². The molecule has 0 radical (unpaired) electrons. The van der Waals surface area contributed by atoms with Gasteiger partial charge >= 0.3 is 0 Å². The summed E-state index contributed by atoms with van der Waals surface area (Å²) in [6.07, 6.45) is 5.92. The number of carbonyl (C=O) groups is 3. The van der Waals surface area contributed by atoms with E-state index in [1.807, 2.05) is 38.2 Å². The van der Waals surface area contributed by atoms with Gasteiger partial charge in [-0.2, -0.15) is 0 Å². The Labute approximate surface area is 271 Å². The van der Waals surface area contributed by atoms with Gasteiger partial charge in [-0.3, -0.25) is 24.3 Å². The van der Waals surface area contributed by atoms with Crippen LogP contribution in [0, 0.1) is 5.92 Å². The number of aliphatic hydroxyl groups excluding tert-OH is 1. The molecule has 3 amide bonds. The third-order valence-corrected chi connectivity index (χ3v) is 8.18. The molecule has 0 unspecified atom stereocenters. The summed E-state index contributed by atoms with van der Waals surface area (Å²) in [5.41, 5.74) is 8.98. The van der Waals surface area contributed by atoms with Crippen LogP contribution in [0.3, 0.4) is 0 Å². The predicted molar refractivity (Wildman–Crippen MR) is 179 cm³/mol. The molecule has 11 nitrogen and oxygen atoms in total. The van der Waals surface area contributed by atoms with E-state index in [-0.39, 0.29) is 48.8 Å². The highest BCUT2D eigenvalue weighted by molar-refractivity contribution is 6.00. The Hall–Kier alpha value is -4.48. The largest absolute Gasteiger partial charge is 0.488 e. The van der Waals surface area contributed by atoms with Crippen LogP contribution in [0.1, 0.15) is 61.9 Å². The van der Waals surface area contributed by atoms with Crippen LogP contribution < -0.4 is 21.1 Å². The van der Waals surface area contributed by atoms with E-state index in [0.29, 0.717) is 67.1 Å². The van der Waals surface area contributed by atoms with Crippen LogP contribution in [-0.4, -0.2) is 76.5 Å².